The van der Waals surface area contributed by atoms with E-state index in [-0.39, 0.29) is 25.3 Å². The summed E-state index contributed by atoms with van der Waals surface area (Å²) >= 11 is 0. The third-order valence-corrected chi connectivity index (χ3v) is 3.23. The third-order valence-electron chi connectivity index (χ3n) is 3.23. The predicted octanol–water partition coefficient (Wildman–Crippen LogP) is 1.54. The molecule has 0 bridgehead atoms. The zero-order valence-corrected chi connectivity index (χ0v) is 13.0. The molecule has 1 heterocycles. The number of esters is 1. The van der Waals surface area contributed by atoms with Gasteiger partial charge in [-0.05, 0) is 30.7 Å². The number of benzene rings is 1. The van der Waals surface area contributed by atoms with Crippen LogP contribution in [0.3, 0.4) is 0 Å². The minimum atomic E-state index is -0.543. The maximum Gasteiger partial charge on any atom is 0.329 e. The molecule has 1 fully saturated rings. The van der Waals surface area contributed by atoms with Gasteiger partial charge in [0.1, 0.15) is 11.4 Å². The van der Waals surface area contributed by atoms with Crippen molar-refractivity contribution in [1.29, 1.82) is 0 Å². The second kappa shape index (κ2) is 7.44. The van der Waals surface area contributed by atoms with Crippen molar-refractivity contribution in [3.63, 3.8) is 0 Å². The molecule has 0 unspecified atom stereocenters. The van der Waals surface area contributed by atoms with Crippen LogP contribution in [0.1, 0.15) is 18.9 Å². The average molecular weight is 318 g/mol. The number of imide groups is 1. The largest absolute Gasteiger partial charge is 0.497 e. The van der Waals surface area contributed by atoms with Gasteiger partial charge in [0.05, 0.1) is 20.1 Å². The first-order valence-corrected chi connectivity index (χ1v) is 7.19. The first-order valence-electron chi connectivity index (χ1n) is 7.19. The lowest BCUT2D eigenvalue weighted by molar-refractivity contribution is -0.143. The van der Waals surface area contributed by atoms with Gasteiger partial charge < -0.3 is 14.8 Å². The maximum atomic E-state index is 12.2. The van der Waals surface area contributed by atoms with Crippen molar-refractivity contribution in [2.45, 2.75) is 13.3 Å². The minimum Gasteiger partial charge on any atom is -0.497 e. The first kappa shape index (κ1) is 16.5. The second-order valence-corrected chi connectivity index (χ2v) is 4.77. The summed E-state index contributed by atoms with van der Waals surface area (Å²) in [5, 5.41) is 2.50. The van der Waals surface area contributed by atoms with Crippen LogP contribution in [0, 0.1) is 0 Å². The number of hydrogen-bond acceptors (Lipinski definition) is 5. The SMILES string of the molecule is CCOC(=O)CCN1C(=O)NC(=Cc2ccc(OC)cc2)C1=O. The molecule has 0 aromatic heterocycles. The Hall–Kier alpha value is -2.83. The summed E-state index contributed by atoms with van der Waals surface area (Å²) in [6, 6.07) is 6.51. The molecule has 122 valence electrons. The molecule has 23 heavy (non-hydrogen) atoms. The molecule has 7 heteroatoms. The van der Waals surface area contributed by atoms with Crippen molar-refractivity contribution >= 4 is 24.0 Å². The molecule has 1 N–H and O–H groups in total. The molecule has 0 saturated carbocycles. The summed E-state index contributed by atoms with van der Waals surface area (Å²) < 4.78 is 9.84. The normalized spacial score (nSPS) is 15.7. The van der Waals surface area contributed by atoms with Gasteiger partial charge in [0.25, 0.3) is 5.91 Å². The van der Waals surface area contributed by atoms with Crippen LogP contribution in [0.5, 0.6) is 5.75 Å². The molecule has 1 aliphatic rings. The van der Waals surface area contributed by atoms with Gasteiger partial charge in [0.15, 0.2) is 0 Å². The van der Waals surface area contributed by atoms with Crippen LogP contribution in [0.15, 0.2) is 30.0 Å². The zero-order chi connectivity index (χ0) is 16.8. The highest BCUT2D eigenvalue weighted by atomic mass is 16.5. The van der Waals surface area contributed by atoms with E-state index in [0.29, 0.717) is 5.75 Å². The van der Waals surface area contributed by atoms with E-state index in [1.165, 1.54) is 0 Å². The van der Waals surface area contributed by atoms with Gasteiger partial charge in [0, 0.05) is 6.54 Å². The molecular formula is C16H18N2O5. The predicted molar refractivity (Wildman–Crippen MR) is 82.5 cm³/mol. The lowest BCUT2D eigenvalue weighted by Gasteiger charge is -2.10. The highest BCUT2D eigenvalue weighted by Crippen LogP contribution is 2.17. The molecule has 1 saturated heterocycles. The summed E-state index contributed by atoms with van der Waals surface area (Å²) in [5.74, 6) is -0.208. The minimum absolute atomic E-state index is 0.0105. The first-order chi connectivity index (χ1) is 11.0. The molecule has 7 nitrogen and oxygen atoms in total. The molecule has 1 aromatic carbocycles. The Balaban J connectivity index is 2.04. The molecule has 1 aromatic rings. The highest BCUT2D eigenvalue weighted by molar-refractivity contribution is 6.14. The van der Waals surface area contributed by atoms with Crippen molar-refractivity contribution in [3.05, 3.63) is 35.5 Å². The standard InChI is InChI=1S/C16H18N2O5/c1-3-23-14(19)8-9-18-15(20)13(17-16(18)21)10-11-4-6-12(22-2)7-5-11/h4-7,10H,3,8-9H2,1-2H3,(H,17,21). The lowest BCUT2D eigenvalue weighted by Crippen LogP contribution is -2.33. The Kier molecular flexibility index (Phi) is 5.35. The topological polar surface area (TPSA) is 84.9 Å². The van der Waals surface area contributed by atoms with E-state index in [2.05, 4.69) is 5.32 Å². The van der Waals surface area contributed by atoms with Gasteiger partial charge in [-0.15, -0.1) is 0 Å². The van der Waals surface area contributed by atoms with E-state index in [1.807, 2.05) is 0 Å². The number of rotatable bonds is 6. The summed E-state index contributed by atoms with van der Waals surface area (Å²) in [4.78, 5) is 36.4. The van der Waals surface area contributed by atoms with Crippen LogP contribution in [-0.4, -0.2) is 43.1 Å². The van der Waals surface area contributed by atoms with Gasteiger partial charge in [0.2, 0.25) is 0 Å². The van der Waals surface area contributed by atoms with Gasteiger partial charge in [-0.3, -0.25) is 14.5 Å². The van der Waals surface area contributed by atoms with Gasteiger partial charge in [-0.1, -0.05) is 12.1 Å². The van der Waals surface area contributed by atoms with E-state index in [4.69, 9.17) is 9.47 Å². The highest BCUT2D eigenvalue weighted by Gasteiger charge is 2.33. The van der Waals surface area contributed by atoms with Gasteiger partial charge >= 0.3 is 12.0 Å². The molecule has 1 aliphatic heterocycles. The molecule has 3 amide bonds. The molecule has 0 atom stereocenters. The van der Waals surface area contributed by atoms with Crippen LogP contribution < -0.4 is 10.1 Å². The quantitative estimate of drug-likeness (QED) is 0.488. The Morgan fingerprint density at radius 3 is 2.57 bits per heavy atom. The fraction of sp³-hybridized carbons (Fsp3) is 0.312. The van der Waals surface area contributed by atoms with Crippen LogP contribution in [0.4, 0.5) is 4.79 Å². The number of nitrogens with one attached hydrogen (secondary N) is 1. The number of ether oxygens (including phenoxy) is 2. The number of urea groups is 1. The second-order valence-electron chi connectivity index (χ2n) is 4.77. The number of hydrogen-bond donors (Lipinski definition) is 1. The maximum absolute atomic E-state index is 12.2. The molecule has 0 radical (unpaired) electrons. The van der Waals surface area contributed by atoms with E-state index in [0.717, 1.165) is 10.5 Å². The Bertz CT molecular complexity index is 636. The smallest absolute Gasteiger partial charge is 0.329 e. The average Bonchev–Trinajstić information content (AvgIpc) is 2.80. The monoisotopic (exact) mass is 318 g/mol. The van der Waals surface area contributed by atoms with Crippen molar-refractivity contribution in [2.75, 3.05) is 20.3 Å². The third kappa shape index (κ3) is 4.09. The number of methoxy groups -OCH3 is 1. The van der Waals surface area contributed by atoms with Crippen LogP contribution in [0.2, 0.25) is 0 Å². The van der Waals surface area contributed by atoms with E-state index in [1.54, 1.807) is 44.4 Å². The van der Waals surface area contributed by atoms with E-state index < -0.39 is 17.9 Å². The van der Waals surface area contributed by atoms with E-state index >= 15 is 0 Å². The van der Waals surface area contributed by atoms with Crippen molar-refractivity contribution in [2.24, 2.45) is 0 Å². The van der Waals surface area contributed by atoms with Crippen LogP contribution in [0.25, 0.3) is 6.08 Å². The van der Waals surface area contributed by atoms with Crippen molar-refractivity contribution < 1.29 is 23.9 Å². The molecular weight excluding hydrogens is 300 g/mol. The summed E-state index contributed by atoms with van der Waals surface area (Å²) in [7, 11) is 1.57. The number of carbonyl (C=O) groups excluding carboxylic acids is 3. The Morgan fingerprint density at radius 1 is 1.26 bits per heavy atom. The summed E-state index contributed by atoms with van der Waals surface area (Å²) in [6.07, 6.45) is 1.55. The van der Waals surface area contributed by atoms with Crippen LogP contribution >= 0.6 is 0 Å². The number of nitrogens with zero attached hydrogens (tertiary/aromatic N) is 1. The van der Waals surface area contributed by atoms with Gasteiger partial charge in [-0.25, -0.2) is 4.79 Å². The molecule has 0 aliphatic carbocycles. The van der Waals surface area contributed by atoms with E-state index in [9.17, 15) is 14.4 Å². The summed E-state index contributed by atoms with van der Waals surface area (Å²) in [6.45, 7) is 1.95. The summed E-state index contributed by atoms with van der Waals surface area (Å²) in [5.41, 5.74) is 0.922. The zero-order valence-electron chi connectivity index (χ0n) is 13.0. The lowest BCUT2D eigenvalue weighted by atomic mass is 10.2. The number of carbonyl (C=O) groups is 3. The Labute approximate surface area is 133 Å². The Morgan fingerprint density at radius 2 is 1.96 bits per heavy atom. The molecule has 0 spiro atoms. The van der Waals surface area contributed by atoms with Crippen molar-refractivity contribution in [1.82, 2.24) is 10.2 Å². The van der Waals surface area contributed by atoms with Crippen LogP contribution in [-0.2, 0) is 14.3 Å². The number of amides is 3. The van der Waals surface area contributed by atoms with Gasteiger partial charge in [-0.2, -0.15) is 0 Å². The fourth-order valence-electron chi connectivity index (χ4n) is 2.08. The van der Waals surface area contributed by atoms with Crippen molar-refractivity contribution in [3.8, 4) is 5.75 Å². The molecule has 2 rings (SSSR count). The fourth-order valence-corrected chi connectivity index (χ4v) is 2.08.